The van der Waals surface area contributed by atoms with E-state index in [0.717, 1.165) is 16.9 Å². The van der Waals surface area contributed by atoms with Crippen molar-refractivity contribution in [1.29, 1.82) is 0 Å². The summed E-state index contributed by atoms with van der Waals surface area (Å²) in [5.41, 5.74) is 4.17. The number of aromatic nitrogens is 3. The number of ether oxygens (including phenoxy) is 1. The van der Waals surface area contributed by atoms with Gasteiger partial charge in [0.05, 0.1) is 19.0 Å². The molecule has 22 heavy (non-hydrogen) atoms. The highest BCUT2D eigenvalue weighted by molar-refractivity contribution is 5.66. The standard InChI is InChI=1S/C17H20N4O/c1-12(20(2)3)13-5-7-14(8-6-13)15-11-19-16-17(22-4)18-9-10-21(15)16/h5-12H,1-4H3. The van der Waals surface area contributed by atoms with Gasteiger partial charge in [0, 0.05) is 24.0 Å². The second-order valence-corrected chi connectivity index (χ2v) is 5.54. The van der Waals surface area contributed by atoms with Crippen LogP contribution in [0.3, 0.4) is 0 Å². The predicted molar refractivity (Wildman–Crippen MR) is 87.1 cm³/mol. The topological polar surface area (TPSA) is 42.7 Å². The molecule has 0 spiro atoms. The van der Waals surface area contributed by atoms with Crippen molar-refractivity contribution in [2.24, 2.45) is 0 Å². The summed E-state index contributed by atoms with van der Waals surface area (Å²) in [6.07, 6.45) is 5.47. The van der Waals surface area contributed by atoms with Crippen LogP contribution in [0.2, 0.25) is 0 Å². The van der Waals surface area contributed by atoms with Gasteiger partial charge in [0.2, 0.25) is 5.65 Å². The van der Waals surface area contributed by atoms with Crippen molar-refractivity contribution >= 4 is 5.65 Å². The molecule has 0 N–H and O–H groups in total. The molecule has 0 bridgehead atoms. The van der Waals surface area contributed by atoms with E-state index in [2.05, 4.69) is 60.2 Å². The first kappa shape index (κ1) is 14.5. The van der Waals surface area contributed by atoms with Crippen molar-refractivity contribution in [2.75, 3.05) is 21.2 Å². The highest BCUT2D eigenvalue weighted by atomic mass is 16.5. The van der Waals surface area contributed by atoms with E-state index in [4.69, 9.17) is 4.74 Å². The molecule has 0 aliphatic carbocycles. The van der Waals surface area contributed by atoms with E-state index in [0.29, 0.717) is 11.9 Å². The Bertz CT molecular complexity index is 777. The van der Waals surface area contributed by atoms with Gasteiger partial charge < -0.3 is 9.64 Å². The third-order valence-electron chi connectivity index (χ3n) is 4.05. The van der Waals surface area contributed by atoms with Gasteiger partial charge in [-0.2, -0.15) is 0 Å². The van der Waals surface area contributed by atoms with Gasteiger partial charge in [0.15, 0.2) is 0 Å². The predicted octanol–water partition coefficient (Wildman–Crippen LogP) is 3.03. The third kappa shape index (κ3) is 2.44. The van der Waals surface area contributed by atoms with Crippen molar-refractivity contribution in [3.8, 4) is 17.1 Å². The summed E-state index contributed by atoms with van der Waals surface area (Å²) in [6, 6.07) is 8.98. The van der Waals surface area contributed by atoms with Crippen molar-refractivity contribution in [2.45, 2.75) is 13.0 Å². The molecule has 1 unspecified atom stereocenters. The normalized spacial score (nSPS) is 12.8. The van der Waals surface area contributed by atoms with E-state index in [-0.39, 0.29) is 0 Å². The van der Waals surface area contributed by atoms with Crippen molar-refractivity contribution in [1.82, 2.24) is 19.3 Å². The zero-order valence-corrected chi connectivity index (χ0v) is 13.3. The van der Waals surface area contributed by atoms with E-state index in [1.807, 2.05) is 16.8 Å². The van der Waals surface area contributed by atoms with E-state index >= 15 is 0 Å². The van der Waals surface area contributed by atoms with Gasteiger partial charge in [-0.3, -0.25) is 4.40 Å². The van der Waals surface area contributed by atoms with Gasteiger partial charge in [-0.05, 0) is 26.6 Å². The molecule has 1 atom stereocenters. The molecule has 0 radical (unpaired) electrons. The lowest BCUT2D eigenvalue weighted by Gasteiger charge is -2.20. The second kappa shape index (κ2) is 5.77. The summed E-state index contributed by atoms with van der Waals surface area (Å²) in [5, 5.41) is 0. The molecular weight excluding hydrogens is 276 g/mol. The average Bonchev–Trinajstić information content (AvgIpc) is 2.98. The minimum absolute atomic E-state index is 0.389. The van der Waals surface area contributed by atoms with Gasteiger partial charge in [-0.15, -0.1) is 0 Å². The first-order valence-electron chi connectivity index (χ1n) is 7.24. The van der Waals surface area contributed by atoms with Crippen LogP contribution in [-0.4, -0.2) is 40.5 Å². The molecule has 5 heteroatoms. The van der Waals surface area contributed by atoms with Crippen LogP contribution in [0.5, 0.6) is 5.88 Å². The summed E-state index contributed by atoms with van der Waals surface area (Å²) in [4.78, 5) is 10.8. The number of hydrogen-bond donors (Lipinski definition) is 0. The Morgan fingerprint density at radius 1 is 1.14 bits per heavy atom. The lowest BCUT2D eigenvalue weighted by molar-refractivity contribution is 0.321. The van der Waals surface area contributed by atoms with Gasteiger partial charge in [0.25, 0.3) is 5.88 Å². The molecule has 0 fully saturated rings. The van der Waals surface area contributed by atoms with Crippen LogP contribution in [0.25, 0.3) is 16.9 Å². The Balaban J connectivity index is 2.01. The lowest BCUT2D eigenvalue weighted by Crippen LogP contribution is -2.16. The van der Waals surface area contributed by atoms with Crippen LogP contribution < -0.4 is 4.74 Å². The maximum atomic E-state index is 5.25. The number of methoxy groups -OCH3 is 1. The van der Waals surface area contributed by atoms with Gasteiger partial charge >= 0.3 is 0 Å². The second-order valence-electron chi connectivity index (χ2n) is 5.54. The van der Waals surface area contributed by atoms with Crippen molar-refractivity contribution in [3.63, 3.8) is 0 Å². The molecule has 0 aliphatic heterocycles. The SMILES string of the molecule is COc1nccn2c(-c3ccc(C(C)N(C)C)cc3)cnc12. The minimum Gasteiger partial charge on any atom is -0.478 e. The Kier molecular flexibility index (Phi) is 3.81. The number of fused-ring (bicyclic) bond motifs is 1. The smallest absolute Gasteiger partial charge is 0.258 e. The van der Waals surface area contributed by atoms with Gasteiger partial charge in [0.1, 0.15) is 0 Å². The molecule has 3 rings (SSSR count). The lowest BCUT2D eigenvalue weighted by atomic mass is 10.0. The molecule has 0 saturated carbocycles. The summed E-state index contributed by atoms with van der Waals surface area (Å²) in [6.45, 7) is 2.19. The van der Waals surface area contributed by atoms with Crippen LogP contribution in [0.1, 0.15) is 18.5 Å². The molecule has 2 aromatic heterocycles. The van der Waals surface area contributed by atoms with Gasteiger partial charge in [-0.1, -0.05) is 24.3 Å². The Morgan fingerprint density at radius 2 is 1.86 bits per heavy atom. The minimum atomic E-state index is 0.389. The fourth-order valence-corrected chi connectivity index (χ4v) is 2.48. The average molecular weight is 296 g/mol. The molecule has 2 heterocycles. The van der Waals surface area contributed by atoms with Crippen LogP contribution in [0.4, 0.5) is 0 Å². The largest absolute Gasteiger partial charge is 0.478 e. The van der Waals surface area contributed by atoms with E-state index in [1.165, 1.54) is 5.56 Å². The molecular formula is C17H20N4O. The monoisotopic (exact) mass is 296 g/mol. The molecule has 0 aliphatic rings. The van der Waals surface area contributed by atoms with E-state index < -0.39 is 0 Å². The summed E-state index contributed by atoms with van der Waals surface area (Å²) >= 11 is 0. The number of nitrogens with zero attached hydrogens (tertiary/aromatic N) is 4. The summed E-state index contributed by atoms with van der Waals surface area (Å²) in [7, 11) is 5.78. The summed E-state index contributed by atoms with van der Waals surface area (Å²) in [5.74, 6) is 0.534. The zero-order valence-electron chi connectivity index (χ0n) is 13.3. The van der Waals surface area contributed by atoms with E-state index in [1.54, 1.807) is 13.3 Å². The molecule has 0 saturated heterocycles. The number of rotatable bonds is 4. The number of hydrogen-bond acceptors (Lipinski definition) is 4. The Hall–Kier alpha value is -2.40. The zero-order chi connectivity index (χ0) is 15.7. The Labute approximate surface area is 130 Å². The number of imidazole rings is 1. The maximum Gasteiger partial charge on any atom is 0.258 e. The van der Waals surface area contributed by atoms with Crippen LogP contribution in [-0.2, 0) is 0 Å². The van der Waals surface area contributed by atoms with Gasteiger partial charge in [-0.25, -0.2) is 9.97 Å². The van der Waals surface area contributed by atoms with Crippen LogP contribution in [0, 0.1) is 0 Å². The summed E-state index contributed by atoms with van der Waals surface area (Å²) < 4.78 is 7.25. The quantitative estimate of drug-likeness (QED) is 0.742. The fraction of sp³-hybridized carbons (Fsp3) is 0.294. The third-order valence-corrected chi connectivity index (χ3v) is 4.05. The number of benzene rings is 1. The highest BCUT2D eigenvalue weighted by Crippen LogP contribution is 2.26. The molecule has 5 nitrogen and oxygen atoms in total. The molecule has 1 aromatic carbocycles. The fourth-order valence-electron chi connectivity index (χ4n) is 2.48. The highest BCUT2D eigenvalue weighted by Gasteiger charge is 2.12. The van der Waals surface area contributed by atoms with Crippen LogP contribution >= 0.6 is 0 Å². The van der Waals surface area contributed by atoms with E-state index in [9.17, 15) is 0 Å². The first-order chi connectivity index (χ1) is 10.6. The van der Waals surface area contributed by atoms with Crippen molar-refractivity contribution < 1.29 is 4.74 Å². The molecule has 0 amide bonds. The first-order valence-corrected chi connectivity index (χ1v) is 7.24. The molecule has 3 aromatic rings. The van der Waals surface area contributed by atoms with Crippen molar-refractivity contribution in [3.05, 3.63) is 48.4 Å². The van der Waals surface area contributed by atoms with Crippen LogP contribution in [0.15, 0.2) is 42.9 Å². The molecule has 114 valence electrons. The Morgan fingerprint density at radius 3 is 2.50 bits per heavy atom. The maximum absolute atomic E-state index is 5.25.